The van der Waals surface area contributed by atoms with Crippen LogP contribution in [0.4, 0.5) is 13.2 Å². The second kappa shape index (κ2) is 3.51. The minimum absolute atomic E-state index is 0.0208. The van der Waals surface area contributed by atoms with Crippen LogP contribution >= 0.6 is 0 Å². The van der Waals surface area contributed by atoms with Gasteiger partial charge in [-0.15, -0.1) is 0 Å². The highest BCUT2D eigenvalue weighted by atomic mass is 19.4. The Morgan fingerprint density at radius 1 is 1.20 bits per heavy atom. The molecule has 1 N–H and O–H groups in total. The highest BCUT2D eigenvalue weighted by molar-refractivity contribution is 5.12. The molecule has 1 saturated carbocycles. The smallest absolute Gasteiger partial charge is 0.386 e. The van der Waals surface area contributed by atoms with E-state index in [2.05, 4.69) is 0 Å². The van der Waals surface area contributed by atoms with Crippen molar-refractivity contribution in [3.63, 3.8) is 0 Å². The summed E-state index contributed by atoms with van der Waals surface area (Å²) in [5, 5.41) is 10.1. The Hall–Kier alpha value is -0.510. The number of hydrogen-bond donors (Lipinski definition) is 1. The predicted molar refractivity (Wildman–Crippen MR) is 50.2 cm³/mol. The van der Waals surface area contributed by atoms with Gasteiger partial charge in [0, 0.05) is 0 Å². The molecule has 1 nitrogen and oxygen atoms in total. The third-order valence-electron chi connectivity index (χ3n) is 3.71. The predicted octanol–water partition coefficient (Wildman–Crippen LogP) is 3.05. The molecule has 86 valence electrons. The Morgan fingerprint density at radius 2 is 1.87 bits per heavy atom. The van der Waals surface area contributed by atoms with Crippen LogP contribution in [0.2, 0.25) is 0 Å². The van der Waals surface area contributed by atoms with Crippen LogP contribution < -0.4 is 0 Å². The number of hydrogen-bond acceptors (Lipinski definition) is 1. The summed E-state index contributed by atoms with van der Waals surface area (Å²) in [5.41, 5.74) is -0.958. The van der Waals surface area contributed by atoms with Crippen LogP contribution in [0.1, 0.15) is 32.1 Å². The van der Waals surface area contributed by atoms with Gasteiger partial charge in [-0.2, -0.15) is 13.2 Å². The summed E-state index contributed by atoms with van der Waals surface area (Å²) < 4.78 is 37.1. The zero-order chi connectivity index (χ0) is 11.1. The van der Waals surface area contributed by atoms with E-state index in [0.717, 1.165) is 25.3 Å². The van der Waals surface area contributed by atoms with Crippen molar-refractivity contribution in [3.8, 4) is 0 Å². The maximum Gasteiger partial charge on any atom is 0.395 e. The molecule has 2 atom stereocenters. The zero-order valence-corrected chi connectivity index (χ0v) is 8.43. The van der Waals surface area contributed by atoms with E-state index in [0.29, 0.717) is 0 Å². The Bertz CT molecular complexity index is 267. The van der Waals surface area contributed by atoms with Crippen molar-refractivity contribution < 1.29 is 18.3 Å². The monoisotopic (exact) mass is 220 g/mol. The summed E-state index contributed by atoms with van der Waals surface area (Å²) in [6, 6.07) is 0. The molecule has 2 aliphatic carbocycles. The standard InChI is InChI=1S/C11H15F3O/c12-11(13,14)9-4-6-10(15,7-5-9)8-2-1-3-8/h4,6,8-9,15H,1-3,5,7H2. The number of allylic oxidation sites excluding steroid dienone is 1. The van der Waals surface area contributed by atoms with Crippen molar-refractivity contribution in [3.05, 3.63) is 12.2 Å². The van der Waals surface area contributed by atoms with Crippen LogP contribution in [0.15, 0.2) is 12.2 Å². The van der Waals surface area contributed by atoms with Crippen molar-refractivity contribution in [1.82, 2.24) is 0 Å². The summed E-state index contributed by atoms with van der Waals surface area (Å²) in [5.74, 6) is -1.18. The van der Waals surface area contributed by atoms with Gasteiger partial charge < -0.3 is 5.11 Å². The minimum Gasteiger partial charge on any atom is -0.386 e. The highest BCUT2D eigenvalue weighted by Crippen LogP contribution is 2.45. The van der Waals surface area contributed by atoms with Crippen LogP contribution in [0, 0.1) is 11.8 Å². The third kappa shape index (κ3) is 2.05. The Morgan fingerprint density at radius 3 is 2.20 bits per heavy atom. The molecule has 2 aliphatic rings. The van der Waals surface area contributed by atoms with Crippen molar-refractivity contribution in [2.75, 3.05) is 0 Å². The summed E-state index contributed by atoms with van der Waals surface area (Å²) in [6.07, 6.45) is 1.61. The van der Waals surface area contributed by atoms with E-state index >= 15 is 0 Å². The fourth-order valence-electron chi connectivity index (χ4n) is 2.37. The lowest BCUT2D eigenvalue weighted by atomic mass is 9.68. The average molecular weight is 220 g/mol. The molecule has 0 saturated heterocycles. The van der Waals surface area contributed by atoms with Crippen molar-refractivity contribution in [1.29, 1.82) is 0 Å². The van der Waals surface area contributed by atoms with Crippen LogP contribution in [-0.2, 0) is 0 Å². The molecular weight excluding hydrogens is 205 g/mol. The van der Waals surface area contributed by atoms with Crippen LogP contribution in [-0.4, -0.2) is 16.9 Å². The van der Waals surface area contributed by atoms with Crippen LogP contribution in [0.3, 0.4) is 0 Å². The molecule has 2 rings (SSSR count). The first kappa shape index (κ1) is 11.0. The van der Waals surface area contributed by atoms with E-state index in [1.807, 2.05) is 0 Å². The van der Waals surface area contributed by atoms with Gasteiger partial charge in [0.25, 0.3) is 0 Å². The van der Waals surface area contributed by atoms with Gasteiger partial charge in [0.2, 0.25) is 0 Å². The largest absolute Gasteiger partial charge is 0.395 e. The topological polar surface area (TPSA) is 20.2 Å². The first-order valence-electron chi connectivity index (χ1n) is 5.40. The van der Waals surface area contributed by atoms with E-state index in [1.165, 1.54) is 6.08 Å². The molecule has 1 fully saturated rings. The second-order valence-electron chi connectivity index (χ2n) is 4.66. The molecule has 4 heteroatoms. The SMILES string of the molecule is OC1(C2CCC2)C=CC(C(F)(F)F)CC1. The van der Waals surface area contributed by atoms with E-state index in [9.17, 15) is 18.3 Å². The second-order valence-corrected chi connectivity index (χ2v) is 4.66. The maximum absolute atomic E-state index is 12.4. The Labute approximate surface area is 87.0 Å². The van der Waals surface area contributed by atoms with E-state index in [1.54, 1.807) is 0 Å². The molecule has 0 aromatic heterocycles. The number of halogens is 3. The number of aliphatic hydroxyl groups is 1. The minimum atomic E-state index is -4.16. The Kier molecular flexibility index (Phi) is 2.57. The lowest BCUT2D eigenvalue weighted by molar-refractivity contribution is -0.169. The molecule has 15 heavy (non-hydrogen) atoms. The summed E-state index contributed by atoms with van der Waals surface area (Å²) in [6.45, 7) is 0. The Balaban J connectivity index is 2.04. The van der Waals surface area contributed by atoms with Gasteiger partial charge in [0.05, 0.1) is 11.5 Å². The van der Waals surface area contributed by atoms with Crippen molar-refractivity contribution in [2.45, 2.75) is 43.9 Å². The van der Waals surface area contributed by atoms with Gasteiger partial charge in [-0.1, -0.05) is 18.6 Å². The first-order chi connectivity index (χ1) is 6.92. The van der Waals surface area contributed by atoms with Gasteiger partial charge in [0.1, 0.15) is 0 Å². The molecule has 0 bridgehead atoms. The van der Waals surface area contributed by atoms with Crippen molar-refractivity contribution >= 4 is 0 Å². The van der Waals surface area contributed by atoms with Gasteiger partial charge in [-0.3, -0.25) is 0 Å². The molecular formula is C11H15F3O. The fourth-order valence-corrected chi connectivity index (χ4v) is 2.37. The molecule has 0 amide bonds. The summed E-state index contributed by atoms with van der Waals surface area (Å²) in [4.78, 5) is 0. The lowest BCUT2D eigenvalue weighted by Crippen LogP contribution is -2.43. The molecule has 0 aromatic rings. The van der Waals surface area contributed by atoms with Crippen LogP contribution in [0.25, 0.3) is 0 Å². The molecule has 0 aliphatic heterocycles. The van der Waals surface area contributed by atoms with Gasteiger partial charge in [-0.05, 0) is 31.6 Å². The molecule has 2 unspecified atom stereocenters. The zero-order valence-electron chi connectivity index (χ0n) is 8.43. The number of rotatable bonds is 1. The van der Waals surface area contributed by atoms with Gasteiger partial charge in [-0.25, -0.2) is 0 Å². The highest BCUT2D eigenvalue weighted by Gasteiger charge is 2.45. The van der Waals surface area contributed by atoms with Gasteiger partial charge >= 0.3 is 6.18 Å². The van der Waals surface area contributed by atoms with E-state index in [4.69, 9.17) is 0 Å². The molecule has 0 spiro atoms. The van der Waals surface area contributed by atoms with Crippen LogP contribution in [0.5, 0.6) is 0 Å². The summed E-state index contributed by atoms with van der Waals surface area (Å²) >= 11 is 0. The van der Waals surface area contributed by atoms with E-state index in [-0.39, 0.29) is 18.8 Å². The third-order valence-corrected chi connectivity index (χ3v) is 3.71. The van der Waals surface area contributed by atoms with E-state index < -0.39 is 17.7 Å². The lowest BCUT2D eigenvalue weighted by Gasteiger charge is -2.42. The average Bonchev–Trinajstić information content (AvgIpc) is 1.98. The fraction of sp³-hybridized carbons (Fsp3) is 0.818. The molecule has 0 heterocycles. The quantitative estimate of drug-likeness (QED) is 0.673. The van der Waals surface area contributed by atoms with Gasteiger partial charge in [0.15, 0.2) is 0 Å². The number of alkyl halides is 3. The molecule has 0 aromatic carbocycles. The maximum atomic E-state index is 12.4. The normalized spacial score (nSPS) is 37.7. The molecule has 0 radical (unpaired) electrons. The first-order valence-corrected chi connectivity index (χ1v) is 5.40. The summed E-state index contributed by atoms with van der Waals surface area (Å²) in [7, 11) is 0. The van der Waals surface area contributed by atoms with Crippen molar-refractivity contribution in [2.24, 2.45) is 11.8 Å².